The number of anilines is 1. The van der Waals surface area contributed by atoms with E-state index in [1.165, 1.54) is 6.07 Å². The molecule has 0 fully saturated rings. The molecule has 0 atom stereocenters. The van der Waals surface area contributed by atoms with Gasteiger partial charge in [0, 0.05) is 18.0 Å². The number of hydrazine groups is 1. The summed E-state index contributed by atoms with van der Waals surface area (Å²) in [6, 6.07) is 5.16. The lowest BCUT2D eigenvalue weighted by Crippen LogP contribution is -2.24. The lowest BCUT2D eigenvalue weighted by atomic mass is 10.2. The van der Waals surface area contributed by atoms with Crippen LogP contribution in [0.15, 0.2) is 29.2 Å². The van der Waals surface area contributed by atoms with E-state index >= 15 is 0 Å². The maximum atomic E-state index is 11.9. The highest BCUT2D eigenvalue weighted by atomic mass is 16.1. The fourth-order valence-corrected chi connectivity index (χ4v) is 1.79. The summed E-state index contributed by atoms with van der Waals surface area (Å²) in [6.07, 6.45) is 1.65. The fraction of sp³-hybridized carbons (Fsp3) is 0.250. The predicted octanol–water partition coefficient (Wildman–Crippen LogP) is 0.589. The number of nitrogens with zero attached hydrogens (tertiary/aromatic N) is 3. The Labute approximate surface area is 104 Å². The Kier molecular flexibility index (Phi) is 3.38. The fourth-order valence-electron chi connectivity index (χ4n) is 1.79. The highest BCUT2D eigenvalue weighted by Crippen LogP contribution is 2.07. The van der Waals surface area contributed by atoms with Gasteiger partial charge in [0.25, 0.3) is 5.56 Å². The van der Waals surface area contributed by atoms with E-state index < -0.39 is 0 Å². The van der Waals surface area contributed by atoms with Gasteiger partial charge in [0.15, 0.2) is 0 Å². The van der Waals surface area contributed by atoms with E-state index in [4.69, 9.17) is 5.84 Å². The van der Waals surface area contributed by atoms with E-state index in [0.29, 0.717) is 18.2 Å². The molecular weight excluding hydrogens is 230 g/mol. The van der Waals surface area contributed by atoms with Crippen LogP contribution in [0.1, 0.15) is 17.1 Å². The van der Waals surface area contributed by atoms with Gasteiger partial charge in [0.1, 0.15) is 11.6 Å². The molecule has 0 aliphatic carbocycles. The second-order valence-electron chi connectivity index (χ2n) is 4.06. The van der Waals surface area contributed by atoms with Crippen LogP contribution in [-0.4, -0.2) is 14.5 Å². The lowest BCUT2D eigenvalue weighted by molar-refractivity contribution is 0.694. The normalized spacial score (nSPS) is 10.4. The number of nitrogens with one attached hydrogen (secondary N) is 1. The summed E-state index contributed by atoms with van der Waals surface area (Å²) in [5, 5.41) is 0. The third-order valence-corrected chi connectivity index (χ3v) is 2.64. The Bertz CT molecular complexity index is 620. The third kappa shape index (κ3) is 2.54. The highest BCUT2D eigenvalue weighted by molar-refractivity contribution is 5.36. The largest absolute Gasteiger partial charge is 0.308 e. The van der Waals surface area contributed by atoms with Crippen molar-refractivity contribution in [3.05, 3.63) is 51.8 Å². The smallest absolute Gasteiger partial charge is 0.254 e. The molecule has 2 rings (SSSR count). The second kappa shape index (κ2) is 4.97. The van der Waals surface area contributed by atoms with Crippen LogP contribution >= 0.6 is 0 Å². The van der Waals surface area contributed by atoms with Gasteiger partial charge in [0.2, 0.25) is 0 Å². The van der Waals surface area contributed by atoms with Crippen LogP contribution in [0.4, 0.5) is 5.82 Å². The van der Waals surface area contributed by atoms with Crippen molar-refractivity contribution in [3.63, 3.8) is 0 Å². The molecule has 0 saturated heterocycles. The van der Waals surface area contributed by atoms with Crippen LogP contribution in [0.3, 0.4) is 0 Å². The summed E-state index contributed by atoms with van der Waals surface area (Å²) in [5.41, 5.74) is 4.09. The van der Waals surface area contributed by atoms with E-state index in [2.05, 4.69) is 15.4 Å². The minimum absolute atomic E-state index is 0.0564. The number of nitrogens with two attached hydrogens (primary N) is 1. The minimum atomic E-state index is -0.0564. The van der Waals surface area contributed by atoms with Gasteiger partial charge < -0.3 is 5.43 Å². The number of rotatable bonds is 3. The molecule has 2 heterocycles. The van der Waals surface area contributed by atoms with Crippen molar-refractivity contribution < 1.29 is 0 Å². The molecule has 0 unspecified atom stereocenters. The molecule has 2 aromatic rings. The van der Waals surface area contributed by atoms with E-state index in [9.17, 15) is 4.79 Å². The van der Waals surface area contributed by atoms with Crippen molar-refractivity contribution in [2.24, 2.45) is 5.84 Å². The predicted molar refractivity (Wildman–Crippen MR) is 69.1 cm³/mol. The molecule has 0 radical (unpaired) electrons. The van der Waals surface area contributed by atoms with Gasteiger partial charge >= 0.3 is 0 Å². The molecule has 3 N–H and O–H groups in total. The van der Waals surface area contributed by atoms with E-state index in [1.54, 1.807) is 16.8 Å². The van der Waals surface area contributed by atoms with E-state index in [-0.39, 0.29) is 5.56 Å². The van der Waals surface area contributed by atoms with E-state index in [1.807, 2.05) is 19.9 Å². The van der Waals surface area contributed by atoms with Crippen molar-refractivity contribution in [1.82, 2.24) is 14.5 Å². The van der Waals surface area contributed by atoms with E-state index in [0.717, 1.165) is 11.3 Å². The zero-order chi connectivity index (χ0) is 13.1. The molecule has 0 aliphatic heterocycles. The molecule has 94 valence electrons. The van der Waals surface area contributed by atoms with Gasteiger partial charge in [-0.15, -0.1) is 0 Å². The van der Waals surface area contributed by atoms with Gasteiger partial charge in [-0.3, -0.25) is 9.36 Å². The van der Waals surface area contributed by atoms with Crippen molar-refractivity contribution in [2.45, 2.75) is 20.4 Å². The molecule has 6 nitrogen and oxygen atoms in total. The maximum absolute atomic E-state index is 11.9. The standard InChI is InChI=1S/C12H15N5O/c1-8-5-12(18)17(9(2)15-8)7-10-3-4-14-11(6-10)16-13/h3-6H,7,13H2,1-2H3,(H,14,16). The third-order valence-electron chi connectivity index (χ3n) is 2.64. The Morgan fingerprint density at radius 3 is 2.83 bits per heavy atom. The molecule has 6 heteroatoms. The number of nitrogen functional groups attached to an aromatic ring is 1. The Morgan fingerprint density at radius 2 is 2.17 bits per heavy atom. The number of pyridine rings is 1. The summed E-state index contributed by atoms with van der Waals surface area (Å²) in [5.74, 6) is 6.56. The van der Waals surface area contributed by atoms with Gasteiger partial charge in [0.05, 0.1) is 6.54 Å². The van der Waals surface area contributed by atoms with Crippen molar-refractivity contribution >= 4 is 5.82 Å². The summed E-state index contributed by atoms with van der Waals surface area (Å²) < 4.78 is 1.61. The maximum Gasteiger partial charge on any atom is 0.254 e. The summed E-state index contributed by atoms with van der Waals surface area (Å²) >= 11 is 0. The number of hydrogen-bond donors (Lipinski definition) is 2. The second-order valence-corrected chi connectivity index (χ2v) is 4.06. The SMILES string of the molecule is Cc1cc(=O)n(Cc2ccnc(NN)c2)c(C)n1. The zero-order valence-electron chi connectivity index (χ0n) is 10.3. The van der Waals surface area contributed by atoms with Crippen molar-refractivity contribution in [3.8, 4) is 0 Å². The first-order chi connectivity index (χ1) is 8.60. The number of aromatic nitrogens is 3. The van der Waals surface area contributed by atoms with Gasteiger partial charge in [-0.25, -0.2) is 15.8 Å². The Hall–Kier alpha value is -2.21. The zero-order valence-corrected chi connectivity index (χ0v) is 10.3. The lowest BCUT2D eigenvalue weighted by Gasteiger charge is -2.10. The van der Waals surface area contributed by atoms with Crippen LogP contribution in [0.25, 0.3) is 0 Å². The molecule has 0 saturated carbocycles. The van der Waals surface area contributed by atoms with Crippen molar-refractivity contribution in [2.75, 3.05) is 5.43 Å². The van der Waals surface area contributed by atoms with Crippen LogP contribution in [0.2, 0.25) is 0 Å². The van der Waals surface area contributed by atoms with Crippen LogP contribution in [0.5, 0.6) is 0 Å². The molecule has 0 aromatic carbocycles. The number of hydrogen-bond acceptors (Lipinski definition) is 5. The molecule has 2 aromatic heterocycles. The first kappa shape index (κ1) is 12.3. The van der Waals surface area contributed by atoms with Crippen LogP contribution in [0, 0.1) is 13.8 Å². The summed E-state index contributed by atoms with van der Waals surface area (Å²) in [7, 11) is 0. The Morgan fingerprint density at radius 1 is 1.39 bits per heavy atom. The number of aryl methyl sites for hydroxylation is 2. The highest BCUT2D eigenvalue weighted by Gasteiger charge is 2.04. The first-order valence-corrected chi connectivity index (χ1v) is 5.57. The summed E-state index contributed by atoms with van der Waals surface area (Å²) in [6.45, 7) is 4.08. The van der Waals surface area contributed by atoms with Gasteiger partial charge in [-0.05, 0) is 31.5 Å². The molecular formula is C12H15N5O. The average molecular weight is 245 g/mol. The van der Waals surface area contributed by atoms with Crippen LogP contribution < -0.4 is 16.8 Å². The average Bonchev–Trinajstić information content (AvgIpc) is 2.34. The van der Waals surface area contributed by atoms with Crippen molar-refractivity contribution in [1.29, 1.82) is 0 Å². The Balaban J connectivity index is 2.37. The van der Waals surface area contributed by atoms with Gasteiger partial charge in [-0.1, -0.05) is 0 Å². The quantitative estimate of drug-likeness (QED) is 0.610. The molecule has 0 amide bonds. The molecule has 0 spiro atoms. The van der Waals surface area contributed by atoms with Crippen LogP contribution in [-0.2, 0) is 6.54 Å². The topological polar surface area (TPSA) is 85.8 Å². The molecule has 18 heavy (non-hydrogen) atoms. The molecule has 0 bridgehead atoms. The first-order valence-electron chi connectivity index (χ1n) is 5.57. The monoisotopic (exact) mass is 245 g/mol. The minimum Gasteiger partial charge on any atom is -0.308 e. The van der Waals surface area contributed by atoms with Gasteiger partial charge in [-0.2, -0.15) is 0 Å². The summed E-state index contributed by atoms with van der Waals surface area (Å²) in [4.78, 5) is 20.2. The molecule has 0 aliphatic rings.